The smallest absolute Gasteiger partial charge is 0.322 e. The summed E-state index contributed by atoms with van der Waals surface area (Å²) in [4.78, 5) is 34.6. The van der Waals surface area contributed by atoms with Crippen LogP contribution in [0.2, 0.25) is 0 Å². The van der Waals surface area contributed by atoms with Gasteiger partial charge in [-0.25, -0.2) is 0 Å². The average molecular weight is 244 g/mol. The molecule has 0 aromatic rings. The highest BCUT2D eigenvalue weighted by Crippen LogP contribution is 2.00. The number of carbonyl (C=O) groups is 3. The minimum Gasteiger partial charge on any atom is -0.480 e. The molecule has 0 spiro atoms. The van der Waals surface area contributed by atoms with Crippen LogP contribution in [-0.2, 0) is 14.4 Å². The summed E-state index contributed by atoms with van der Waals surface area (Å²) in [5, 5.41) is 10.6. The number of carboxylic acids is 1. The van der Waals surface area contributed by atoms with Crippen LogP contribution in [0, 0.1) is 0 Å². The Balaban J connectivity index is 3.72. The summed E-state index contributed by atoms with van der Waals surface area (Å²) in [5.74, 6) is -1.38. The van der Waals surface area contributed by atoms with Crippen molar-refractivity contribution in [1.82, 2.24) is 10.2 Å². The molecule has 0 atom stereocenters. The Hall–Kier alpha value is -1.59. The van der Waals surface area contributed by atoms with Gasteiger partial charge in [-0.05, 0) is 20.3 Å². The molecule has 17 heavy (non-hydrogen) atoms. The average Bonchev–Trinajstić information content (AvgIpc) is 2.28. The molecule has 0 aliphatic rings. The Kier molecular flexibility index (Phi) is 7.75. The monoisotopic (exact) mass is 244 g/mol. The van der Waals surface area contributed by atoms with E-state index in [4.69, 9.17) is 5.11 Å². The third kappa shape index (κ3) is 7.32. The van der Waals surface area contributed by atoms with Crippen molar-refractivity contribution in [2.24, 2.45) is 0 Å². The molecule has 0 unspecified atom stereocenters. The second-order valence-corrected chi connectivity index (χ2v) is 3.59. The van der Waals surface area contributed by atoms with Gasteiger partial charge in [0, 0.05) is 25.9 Å². The number of carbonyl (C=O) groups excluding carboxylic acids is 2. The second kappa shape index (κ2) is 8.55. The standard InChI is InChI=1S/C11H20N2O4/c1-3-13(4-2)10(15)7-5-6-9(14)12-8-11(16)17/h3-8H2,1-2H3,(H,12,14)(H,16,17). The first-order chi connectivity index (χ1) is 8.01. The van der Waals surface area contributed by atoms with E-state index in [9.17, 15) is 14.4 Å². The molecular formula is C11H20N2O4. The van der Waals surface area contributed by atoms with Crippen molar-refractivity contribution in [3.05, 3.63) is 0 Å². The summed E-state index contributed by atoms with van der Waals surface area (Å²) in [5.41, 5.74) is 0. The first-order valence-corrected chi connectivity index (χ1v) is 5.77. The second-order valence-electron chi connectivity index (χ2n) is 3.59. The molecule has 2 amide bonds. The molecule has 0 aliphatic carbocycles. The van der Waals surface area contributed by atoms with Crippen LogP contribution >= 0.6 is 0 Å². The Labute approximate surface area is 101 Å². The number of nitrogens with zero attached hydrogens (tertiary/aromatic N) is 1. The highest BCUT2D eigenvalue weighted by atomic mass is 16.4. The van der Waals surface area contributed by atoms with Gasteiger partial charge in [0.15, 0.2) is 0 Å². The van der Waals surface area contributed by atoms with Crippen LogP contribution in [0.5, 0.6) is 0 Å². The molecule has 6 nitrogen and oxygen atoms in total. The topological polar surface area (TPSA) is 86.7 Å². The van der Waals surface area contributed by atoms with Gasteiger partial charge in [0.05, 0.1) is 0 Å². The summed E-state index contributed by atoms with van der Waals surface area (Å²) in [7, 11) is 0. The van der Waals surface area contributed by atoms with Crippen molar-refractivity contribution in [1.29, 1.82) is 0 Å². The van der Waals surface area contributed by atoms with Crippen LogP contribution in [0.4, 0.5) is 0 Å². The predicted octanol–water partition coefficient (Wildman–Crippen LogP) is 0.226. The van der Waals surface area contributed by atoms with Gasteiger partial charge in [-0.2, -0.15) is 0 Å². The van der Waals surface area contributed by atoms with Crippen molar-refractivity contribution in [3.8, 4) is 0 Å². The Bertz CT molecular complexity index is 275. The largest absolute Gasteiger partial charge is 0.480 e. The third-order valence-electron chi connectivity index (χ3n) is 2.35. The zero-order chi connectivity index (χ0) is 13.3. The molecule has 0 aliphatic heterocycles. The van der Waals surface area contributed by atoms with Gasteiger partial charge in [-0.1, -0.05) is 0 Å². The van der Waals surface area contributed by atoms with E-state index in [1.54, 1.807) is 4.90 Å². The number of rotatable bonds is 8. The number of carboxylic acid groups (broad SMARTS) is 1. The molecule has 0 radical (unpaired) electrons. The number of nitrogens with one attached hydrogen (secondary N) is 1. The van der Waals surface area contributed by atoms with Crippen LogP contribution in [-0.4, -0.2) is 47.4 Å². The van der Waals surface area contributed by atoms with Crippen molar-refractivity contribution in [3.63, 3.8) is 0 Å². The molecule has 0 saturated heterocycles. The van der Waals surface area contributed by atoms with Crippen molar-refractivity contribution in [2.75, 3.05) is 19.6 Å². The van der Waals surface area contributed by atoms with Crippen LogP contribution in [0.1, 0.15) is 33.1 Å². The van der Waals surface area contributed by atoms with Crippen molar-refractivity contribution < 1.29 is 19.5 Å². The number of hydrogen-bond acceptors (Lipinski definition) is 3. The highest BCUT2D eigenvalue weighted by Gasteiger charge is 2.10. The fraction of sp³-hybridized carbons (Fsp3) is 0.727. The lowest BCUT2D eigenvalue weighted by Crippen LogP contribution is -2.31. The maximum Gasteiger partial charge on any atom is 0.322 e. The van der Waals surface area contributed by atoms with E-state index < -0.39 is 5.97 Å². The maximum atomic E-state index is 11.6. The van der Waals surface area contributed by atoms with E-state index in [-0.39, 0.29) is 24.8 Å². The van der Waals surface area contributed by atoms with E-state index in [1.165, 1.54) is 0 Å². The maximum absolute atomic E-state index is 11.6. The van der Waals surface area contributed by atoms with Crippen LogP contribution in [0.25, 0.3) is 0 Å². The van der Waals surface area contributed by atoms with Crippen LogP contribution in [0.15, 0.2) is 0 Å². The number of amides is 2. The molecule has 0 aromatic heterocycles. The molecule has 2 N–H and O–H groups in total. The van der Waals surface area contributed by atoms with Gasteiger partial charge in [0.25, 0.3) is 0 Å². The molecule has 0 rings (SSSR count). The summed E-state index contributed by atoms with van der Waals surface area (Å²) in [6.07, 6.45) is 0.948. The Morgan fingerprint density at radius 1 is 1.12 bits per heavy atom. The van der Waals surface area contributed by atoms with Gasteiger partial charge >= 0.3 is 5.97 Å². The van der Waals surface area contributed by atoms with E-state index in [0.717, 1.165) is 0 Å². The molecule has 0 saturated carbocycles. The SMILES string of the molecule is CCN(CC)C(=O)CCCC(=O)NCC(=O)O. The van der Waals surface area contributed by atoms with Gasteiger partial charge < -0.3 is 15.3 Å². The predicted molar refractivity (Wildman–Crippen MR) is 62.4 cm³/mol. The molecule has 0 aromatic carbocycles. The summed E-state index contributed by atoms with van der Waals surface area (Å²) in [6.45, 7) is 4.77. The minimum atomic E-state index is -1.07. The van der Waals surface area contributed by atoms with Crippen molar-refractivity contribution >= 4 is 17.8 Å². The fourth-order valence-electron chi connectivity index (χ4n) is 1.40. The van der Waals surface area contributed by atoms with Gasteiger partial charge in [0.2, 0.25) is 11.8 Å². The first kappa shape index (κ1) is 15.4. The van der Waals surface area contributed by atoms with Gasteiger partial charge in [-0.3, -0.25) is 14.4 Å². The van der Waals surface area contributed by atoms with E-state index in [1.807, 2.05) is 13.8 Å². The molecule has 98 valence electrons. The highest BCUT2D eigenvalue weighted by molar-refractivity contribution is 5.82. The fourth-order valence-corrected chi connectivity index (χ4v) is 1.40. The zero-order valence-corrected chi connectivity index (χ0v) is 10.4. The van der Waals surface area contributed by atoms with E-state index in [0.29, 0.717) is 25.9 Å². The lowest BCUT2D eigenvalue weighted by atomic mass is 10.2. The molecule has 0 bridgehead atoms. The summed E-state index contributed by atoms with van der Waals surface area (Å²) < 4.78 is 0. The molecule has 0 heterocycles. The first-order valence-electron chi connectivity index (χ1n) is 5.77. The van der Waals surface area contributed by atoms with Crippen LogP contribution < -0.4 is 5.32 Å². The third-order valence-corrected chi connectivity index (χ3v) is 2.35. The normalized spacial score (nSPS) is 9.76. The molecule has 6 heteroatoms. The van der Waals surface area contributed by atoms with Gasteiger partial charge in [-0.15, -0.1) is 0 Å². The van der Waals surface area contributed by atoms with E-state index in [2.05, 4.69) is 5.32 Å². The molecular weight excluding hydrogens is 224 g/mol. The minimum absolute atomic E-state index is 0.0287. The van der Waals surface area contributed by atoms with Gasteiger partial charge in [0.1, 0.15) is 6.54 Å². The van der Waals surface area contributed by atoms with Crippen molar-refractivity contribution in [2.45, 2.75) is 33.1 Å². The van der Waals surface area contributed by atoms with E-state index >= 15 is 0 Å². The Morgan fingerprint density at radius 2 is 1.71 bits per heavy atom. The summed E-state index contributed by atoms with van der Waals surface area (Å²) in [6, 6.07) is 0. The zero-order valence-electron chi connectivity index (χ0n) is 10.4. The summed E-state index contributed by atoms with van der Waals surface area (Å²) >= 11 is 0. The Morgan fingerprint density at radius 3 is 2.18 bits per heavy atom. The number of aliphatic carboxylic acids is 1. The lowest BCUT2D eigenvalue weighted by Gasteiger charge is -2.18. The molecule has 0 fully saturated rings. The lowest BCUT2D eigenvalue weighted by molar-refractivity contribution is -0.138. The quantitative estimate of drug-likeness (QED) is 0.639. The number of hydrogen-bond donors (Lipinski definition) is 2. The van der Waals surface area contributed by atoms with Crippen LogP contribution in [0.3, 0.4) is 0 Å².